The van der Waals surface area contributed by atoms with Gasteiger partial charge in [-0.2, -0.15) is 9.61 Å². The number of hydrogen-bond acceptors (Lipinski definition) is 4. The molecule has 2 rings (SSSR count). The van der Waals surface area contributed by atoms with Crippen molar-refractivity contribution in [3.63, 3.8) is 0 Å². The van der Waals surface area contributed by atoms with Crippen molar-refractivity contribution in [3.8, 4) is 0 Å². The number of nitrogens with zero attached hydrogens (tertiary/aromatic N) is 4. The van der Waals surface area contributed by atoms with Gasteiger partial charge in [0.15, 0.2) is 5.65 Å². The minimum atomic E-state index is 0.551. The molecular formula is C12H19N5. The van der Waals surface area contributed by atoms with Crippen LogP contribution in [0.15, 0.2) is 12.3 Å². The van der Waals surface area contributed by atoms with Crippen molar-refractivity contribution >= 4 is 17.3 Å². The maximum atomic E-state index is 5.88. The van der Waals surface area contributed by atoms with Gasteiger partial charge in [-0.1, -0.05) is 6.92 Å². The fourth-order valence-electron chi connectivity index (χ4n) is 2.03. The minimum absolute atomic E-state index is 0.551. The van der Waals surface area contributed by atoms with Crippen molar-refractivity contribution in [1.82, 2.24) is 14.6 Å². The van der Waals surface area contributed by atoms with Crippen LogP contribution in [-0.2, 0) is 6.42 Å². The largest absolute Gasteiger partial charge is 0.384 e. The van der Waals surface area contributed by atoms with Gasteiger partial charge in [-0.05, 0) is 20.3 Å². The Kier molecular flexibility index (Phi) is 3.17. The third kappa shape index (κ3) is 1.92. The highest BCUT2D eigenvalue weighted by atomic mass is 15.3. The summed E-state index contributed by atoms with van der Waals surface area (Å²) in [5.41, 5.74) is 7.88. The molecule has 0 spiro atoms. The molecule has 17 heavy (non-hydrogen) atoms. The van der Waals surface area contributed by atoms with Gasteiger partial charge >= 0.3 is 0 Å². The summed E-state index contributed by atoms with van der Waals surface area (Å²) in [4.78, 5) is 6.59. The SMILES string of the molecule is CCc1cnn2c(N(CC)CC)cc(N)nc12. The number of nitrogens with two attached hydrogens (primary N) is 1. The zero-order valence-electron chi connectivity index (χ0n) is 10.6. The molecular weight excluding hydrogens is 214 g/mol. The van der Waals surface area contributed by atoms with Gasteiger partial charge in [0.05, 0.1) is 6.20 Å². The quantitative estimate of drug-likeness (QED) is 0.873. The van der Waals surface area contributed by atoms with Crippen LogP contribution in [0.3, 0.4) is 0 Å². The molecule has 0 amide bonds. The third-order valence-corrected chi connectivity index (χ3v) is 3.01. The highest BCUT2D eigenvalue weighted by Gasteiger charge is 2.12. The summed E-state index contributed by atoms with van der Waals surface area (Å²) in [5, 5.41) is 4.40. The summed E-state index contributed by atoms with van der Waals surface area (Å²) in [7, 11) is 0. The van der Waals surface area contributed by atoms with Crippen LogP contribution in [0.25, 0.3) is 5.65 Å². The van der Waals surface area contributed by atoms with Crippen LogP contribution in [0.4, 0.5) is 11.6 Å². The molecule has 0 aliphatic heterocycles. The van der Waals surface area contributed by atoms with Gasteiger partial charge < -0.3 is 10.6 Å². The third-order valence-electron chi connectivity index (χ3n) is 3.01. The van der Waals surface area contributed by atoms with Crippen molar-refractivity contribution in [2.24, 2.45) is 0 Å². The molecule has 0 aliphatic carbocycles. The average Bonchev–Trinajstić information content (AvgIpc) is 2.73. The van der Waals surface area contributed by atoms with Crippen molar-refractivity contribution < 1.29 is 0 Å². The van der Waals surface area contributed by atoms with E-state index in [-0.39, 0.29) is 0 Å². The Hall–Kier alpha value is -1.78. The highest BCUT2D eigenvalue weighted by Crippen LogP contribution is 2.20. The van der Waals surface area contributed by atoms with Crippen LogP contribution < -0.4 is 10.6 Å². The maximum Gasteiger partial charge on any atom is 0.162 e. The Labute approximate surface area is 101 Å². The summed E-state index contributed by atoms with van der Waals surface area (Å²) in [6, 6.07) is 1.88. The van der Waals surface area contributed by atoms with E-state index in [2.05, 4.69) is 35.8 Å². The molecule has 0 aliphatic rings. The topological polar surface area (TPSA) is 59.5 Å². The Morgan fingerprint density at radius 2 is 2.00 bits per heavy atom. The van der Waals surface area contributed by atoms with Crippen molar-refractivity contribution in [2.45, 2.75) is 27.2 Å². The molecule has 0 saturated carbocycles. The Bertz CT molecular complexity index is 513. The van der Waals surface area contributed by atoms with E-state index in [9.17, 15) is 0 Å². The van der Waals surface area contributed by atoms with Crippen LogP contribution in [0.2, 0.25) is 0 Å². The lowest BCUT2D eigenvalue weighted by molar-refractivity contribution is 0.800. The Morgan fingerprint density at radius 1 is 1.29 bits per heavy atom. The van der Waals surface area contributed by atoms with Crippen molar-refractivity contribution in [1.29, 1.82) is 0 Å². The number of hydrogen-bond donors (Lipinski definition) is 1. The second-order valence-electron chi connectivity index (χ2n) is 3.97. The van der Waals surface area contributed by atoms with E-state index in [0.717, 1.165) is 36.5 Å². The smallest absolute Gasteiger partial charge is 0.162 e. The van der Waals surface area contributed by atoms with E-state index < -0.39 is 0 Å². The van der Waals surface area contributed by atoms with Gasteiger partial charge in [-0.15, -0.1) is 0 Å². The Balaban J connectivity index is 2.66. The molecule has 2 N–H and O–H groups in total. The summed E-state index contributed by atoms with van der Waals surface area (Å²) in [6.07, 6.45) is 2.78. The van der Waals surface area contributed by atoms with Crippen LogP contribution in [0.1, 0.15) is 26.3 Å². The zero-order chi connectivity index (χ0) is 12.4. The molecule has 0 saturated heterocycles. The summed E-state index contributed by atoms with van der Waals surface area (Å²) in [6.45, 7) is 8.19. The fraction of sp³-hybridized carbons (Fsp3) is 0.500. The molecule has 92 valence electrons. The molecule has 0 unspecified atom stereocenters. The number of aromatic nitrogens is 3. The number of fused-ring (bicyclic) bond motifs is 1. The lowest BCUT2D eigenvalue weighted by Crippen LogP contribution is -2.25. The van der Waals surface area contributed by atoms with Gasteiger partial charge in [-0.3, -0.25) is 0 Å². The normalized spacial score (nSPS) is 11.0. The first-order valence-corrected chi connectivity index (χ1v) is 6.09. The number of nitrogen functional groups attached to an aromatic ring is 1. The van der Waals surface area contributed by atoms with E-state index in [1.54, 1.807) is 0 Å². The number of anilines is 2. The number of rotatable bonds is 4. The van der Waals surface area contributed by atoms with Gasteiger partial charge in [0, 0.05) is 24.7 Å². The average molecular weight is 233 g/mol. The van der Waals surface area contributed by atoms with E-state index >= 15 is 0 Å². The van der Waals surface area contributed by atoms with Crippen molar-refractivity contribution in [3.05, 3.63) is 17.8 Å². The standard InChI is InChI=1S/C12H19N5/c1-4-9-8-14-17-11(16(5-2)6-3)7-10(13)15-12(9)17/h7-8H,4-6H2,1-3H3,(H2,13,15). The molecule has 2 heterocycles. The molecule has 0 aromatic carbocycles. The lowest BCUT2D eigenvalue weighted by atomic mass is 10.3. The van der Waals surface area contributed by atoms with Gasteiger partial charge in [0.1, 0.15) is 11.6 Å². The van der Waals surface area contributed by atoms with E-state index in [1.807, 2.05) is 16.8 Å². The van der Waals surface area contributed by atoms with E-state index in [4.69, 9.17) is 5.73 Å². The van der Waals surface area contributed by atoms with Gasteiger partial charge in [0.25, 0.3) is 0 Å². The molecule has 2 aromatic rings. The Morgan fingerprint density at radius 3 is 2.59 bits per heavy atom. The molecule has 2 aromatic heterocycles. The van der Waals surface area contributed by atoms with E-state index in [0.29, 0.717) is 5.82 Å². The fourth-order valence-corrected chi connectivity index (χ4v) is 2.03. The van der Waals surface area contributed by atoms with E-state index in [1.165, 1.54) is 0 Å². The van der Waals surface area contributed by atoms with Crippen LogP contribution in [0.5, 0.6) is 0 Å². The monoisotopic (exact) mass is 233 g/mol. The number of aryl methyl sites for hydroxylation is 1. The van der Waals surface area contributed by atoms with Crippen molar-refractivity contribution in [2.75, 3.05) is 23.7 Å². The lowest BCUT2D eigenvalue weighted by Gasteiger charge is -2.21. The zero-order valence-corrected chi connectivity index (χ0v) is 10.6. The van der Waals surface area contributed by atoms with Crippen LogP contribution in [-0.4, -0.2) is 27.7 Å². The van der Waals surface area contributed by atoms with Gasteiger partial charge in [-0.25, -0.2) is 4.98 Å². The predicted octanol–water partition coefficient (Wildman–Crippen LogP) is 1.72. The molecule has 0 radical (unpaired) electrons. The van der Waals surface area contributed by atoms with Crippen LogP contribution in [0, 0.1) is 0 Å². The second-order valence-corrected chi connectivity index (χ2v) is 3.97. The maximum absolute atomic E-state index is 5.88. The summed E-state index contributed by atoms with van der Waals surface area (Å²) < 4.78 is 1.88. The first-order valence-electron chi connectivity index (χ1n) is 6.09. The summed E-state index contributed by atoms with van der Waals surface area (Å²) in [5.74, 6) is 1.56. The summed E-state index contributed by atoms with van der Waals surface area (Å²) >= 11 is 0. The van der Waals surface area contributed by atoms with Crippen LogP contribution >= 0.6 is 0 Å². The first kappa shape index (κ1) is 11.7. The predicted molar refractivity (Wildman–Crippen MR) is 70.3 cm³/mol. The molecule has 0 fully saturated rings. The molecule has 5 nitrogen and oxygen atoms in total. The molecule has 0 atom stereocenters. The van der Waals surface area contributed by atoms with Gasteiger partial charge in [0.2, 0.25) is 0 Å². The minimum Gasteiger partial charge on any atom is -0.384 e. The second kappa shape index (κ2) is 4.61. The molecule has 5 heteroatoms. The molecule has 0 bridgehead atoms. The first-order chi connectivity index (χ1) is 8.21. The highest BCUT2D eigenvalue weighted by molar-refractivity contribution is 5.59.